The molecule has 0 bridgehead atoms. The van der Waals surface area contributed by atoms with Crippen LogP contribution in [0.2, 0.25) is 5.02 Å². The molecule has 0 radical (unpaired) electrons. The first kappa shape index (κ1) is 12.3. The van der Waals surface area contributed by atoms with Crippen molar-refractivity contribution in [2.75, 3.05) is 5.32 Å². The second-order valence-electron chi connectivity index (χ2n) is 3.45. The predicted octanol–water partition coefficient (Wildman–Crippen LogP) is 3.32. The van der Waals surface area contributed by atoms with E-state index in [9.17, 15) is 9.18 Å². The molecule has 1 aromatic heterocycles. The van der Waals surface area contributed by atoms with Crippen LogP contribution < -0.4 is 5.32 Å². The lowest BCUT2D eigenvalue weighted by Crippen LogP contribution is -2.04. The third-order valence-corrected chi connectivity index (χ3v) is 2.54. The summed E-state index contributed by atoms with van der Waals surface area (Å²) in [4.78, 5) is 14.9. The molecule has 0 saturated heterocycles. The highest BCUT2D eigenvalue weighted by Crippen LogP contribution is 2.26. The topological polar surface area (TPSA) is 62.2 Å². The van der Waals surface area contributed by atoms with Gasteiger partial charge in [-0.25, -0.2) is 14.2 Å². The largest absolute Gasteiger partial charge is 0.478 e. The van der Waals surface area contributed by atoms with Crippen LogP contribution in [-0.2, 0) is 0 Å². The number of benzene rings is 1. The number of hydrogen-bond donors (Lipinski definition) is 2. The highest BCUT2D eigenvalue weighted by Gasteiger charge is 2.12. The molecule has 0 aliphatic heterocycles. The summed E-state index contributed by atoms with van der Waals surface area (Å²) in [6, 6.07) is 6.69. The monoisotopic (exact) mass is 266 g/mol. The number of nitrogens with zero attached hydrogens (tertiary/aromatic N) is 1. The van der Waals surface area contributed by atoms with Crippen LogP contribution in [0.5, 0.6) is 0 Å². The number of nitrogens with one attached hydrogen (secondary N) is 1. The molecule has 4 nitrogen and oxygen atoms in total. The van der Waals surface area contributed by atoms with Crippen molar-refractivity contribution in [1.82, 2.24) is 4.98 Å². The van der Waals surface area contributed by atoms with Crippen molar-refractivity contribution in [2.45, 2.75) is 0 Å². The van der Waals surface area contributed by atoms with Crippen LogP contribution in [-0.4, -0.2) is 16.1 Å². The number of anilines is 2. The molecular weight excluding hydrogens is 259 g/mol. The van der Waals surface area contributed by atoms with E-state index >= 15 is 0 Å². The minimum Gasteiger partial charge on any atom is -0.478 e. The number of pyridine rings is 1. The second-order valence-corrected chi connectivity index (χ2v) is 3.86. The number of hydrogen-bond acceptors (Lipinski definition) is 3. The van der Waals surface area contributed by atoms with Crippen molar-refractivity contribution < 1.29 is 14.3 Å². The zero-order valence-corrected chi connectivity index (χ0v) is 9.78. The molecule has 0 spiro atoms. The smallest absolute Gasteiger partial charge is 0.339 e. The van der Waals surface area contributed by atoms with Gasteiger partial charge in [0, 0.05) is 6.20 Å². The molecular formula is C12H8ClFN2O2. The van der Waals surface area contributed by atoms with Crippen LogP contribution in [0.3, 0.4) is 0 Å². The Kier molecular flexibility index (Phi) is 3.43. The van der Waals surface area contributed by atoms with Gasteiger partial charge in [-0.3, -0.25) is 0 Å². The average molecular weight is 267 g/mol. The molecule has 0 saturated carbocycles. The fourth-order valence-electron chi connectivity index (χ4n) is 1.40. The van der Waals surface area contributed by atoms with Crippen LogP contribution in [0.1, 0.15) is 10.4 Å². The molecule has 2 aromatic rings. The summed E-state index contributed by atoms with van der Waals surface area (Å²) in [6.07, 6.45) is 1.45. The SMILES string of the molecule is O=C(O)c1cccnc1Nc1ccc(F)cc1Cl. The summed E-state index contributed by atoms with van der Waals surface area (Å²) in [6.45, 7) is 0. The predicted molar refractivity (Wildman–Crippen MR) is 65.9 cm³/mol. The number of carbonyl (C=O) groups is 1. The maximum atomic E-state index is 12.9. The maximum Gasteiger partial charge on any atom is 0.339 e. The number of aromatic nitrogens is 1. The van der Waals surface area contributed by atoms with Gasteiger partial charge in [0.1, 0.15) is 17.2 Å². The average Bonchev–Trinajstić information content (AvgIpc) is 2.33. The van der Waals surface area contributed by atoms with Gasteiger partial charge in [0.2, 0.25) is 0 Å². The third kappa shape index (κ3) is 2.57. The lowest BCUT2D eigenvalue weighted by Gasteiger charge is -2.09. The van der Waals surface area contributed by atoms with Crippen molar-refractivity contribution in [3.63, 3.8) is 0 Å². The van der Waals surface area contributed by atoms with Gasteiger partial charge in [-0.2, -0.15) is 0 Å². The summed E-state index contributed by atoms with van der Waals surface area (Å²) in [5.74, 6) is -1.42. The van der Waals surface area contributed by atoms with Gasteiger partial charge >= 0.3 is 5.97 Å². The molecule has 0 atom stereocenters. The molecule has 2 N–H and O–H groups in total. The summed E-state index contributed by atoms with van der Waals surface area (Å²) < 4.78 is 12.9. The van der Waals surface area contributed by atoms with E-state index in [1.54, 1.807) is 0 Å². The molecule has 1 aromatic carbocycles. The molecule has 0 amide bonds. The van der Waals surface area contributed by atoms with Crippen LogP contribution in [0.4, 0.5) is 15.9 Å². The molecule has 1 heterocycles. The Hall–Kier alpha value is -2.14. The van der Waals surface area contributed by atoms with E-state index in [4.69, 9.17) is 16.7 Å². The van der Waals surface area contributed by atoms with Crippen molar-refractivity contribution in [1.29, 1.82) is 0 Å². The zero-order valence-electron chi connectivity index (χ0n) is 9.02. The molecule has 0 aliphatic carbocycles. The van der Waals surface area contributed by atoms with E-state index in [0.29, 0.717) is 5.69 Å². The molecule has 18 heavy (non-hydrogen) atoms. The lowest BCUT2D eigenvalue weighted by molar-refractivity contribution is 0.0697. The van der Waals surface area contributed by atoms with Crippen LogP contribution in [0, 0.1) is 5.82 Å². The van der Waals surface area contributed by atoms with Gasteiger partial charge in [-0.15, -0.1) is 0 Å². The Bertz CT molecular complexity index is 604. The highest BCUT2D eigenvalue weighted by molar-refractivity contribution is 6.33. The summed E-state index contributed by atoms with van der Waals surface area (Å²) in [5, 5.41) is 11.9. The quantitative estimate of drug-likeness (QED) is 0.895. The van der Waals surface area contributed by atoms with E-state index in [2.05, 4.69) is 10.3 Å². The Morgan fingerprint density at radius 3 is 2.83 bits per heavy atom. The molecule has 92 valence electrons. The molecule has 0 unspecified atom stereocenters. The number of carboxylic acid groups (broad SMARTS) is 1. The van der Waals surface area contributed by atoms with Crippen molar-refractivity contribution in [2.24, 2.45) is 0 Å². The highest BCUT2D eigenvalue weighted by atomic mass is 35.5. The van der Waals surface area contributed by atoms with Gasteiger partial charge in [0.05, 0.1) is 10.7 Å². The molecule has 0 fully saturated rings. The van der Waals surface area contributed by atoms with Gasteiger partial charge < -0.3 is 10.4 Å². The minimum atomic E-state index is -1.11. The fraction of sp³-hybridized carbons (Fsp3) is 0. The first-order valence-corrected chi connectivity index (χ1v) is 5.36. The summed E-state index contributed by atoms with van der Waals surface area (Å²) in [7, 11) is 0. The van der Waals surface area contributed by atoms with E-state index < -0.39 is 11.8 Å². The van der Waals surface area contributed by atoms with E-state index in [-0.39, 0.29) is 16.4 Å². The second kappa shape index (κ2) is 5.01. The number of carboxylic acids is 1. The maximum absolute atomic E-state index is 12.9. The van der Waals surface area contributed by atoms with Crippen LogP contribution >= 0.6 is 11.6 Å². The molecule has 2 rings (SSSR count). The van der Waals surface area contributed by atoms with Gasteiger partial charge in [-0.05, 0) is 30.3 Å². The molecule has 6 heteroatoms. The summed E-state index contributed by atoms with van der Waals surface area (Å²) >= 11 is 5.83. The minimum absolute atomic E-state index is 0.0119. The molecule has 0 aliphatic rings. The van der Waals surface area contributed by atoms with Crippen LogP contribution in [0.25, 0.3) is 0 Å². The normalized spacial score (nSPS) is 10.1. The van der Waals surface area contributed by atoms with Crippen molar-refractivity contribution >= 4 is 29.1 Å². The Morgan fingerprint density at radius 1 is 1.39 bits per heavy atom. The Balaban J connectivity index is 2.37. The Labute approximate surface area is 107 Å². The van der Waals surface area contributed by atoms with Crippen molar-refractivity contribution in [3.8, 4) is 0 Å². The number of halogens is 2. The fourth-order valence-corrected chi connectivity index (χ4v) is 1.61. The van der Waals surface area contributed by atoms with Gasteiger partial charge in [0.25, 0.3) is 0 Å². The lowest BCUT2D eigenvalue weighted by atomic mass is 10.2. The number of aromatic carboxylic acids is 1. The first-order chi connectivity index (χ1) is 8.58. The number of rotatable bonds is 3. The van der Waals surface area contributed by atoms with E-state index in [0.717, 1.165) is 6.07 Å². The zero-order chi connectivity index (χ0) is 13.1. The van der Waals surface area contributed by atoms with E-state index in [1.807, 2.05) is 0 Å². The first-order valence-electron chi connectivity index (χ1n) is 4.98. The Morgan fingerprint density at radius 2 is 2.17 bits per heavy atom. The van der Waals surface area contributed by atoms with Gasteiger partial charge in [-0.1, -0.05) is 11.6 Å². The summed E-state index contributed by atoms with van der Waals surface area (Å²) in [5.41, 5.74) is 0.400. The standard InChI is InChI=1S/C12H8ClFN2O2/c13-9-6-7(14)3-4-10(9)16-11-8(12(17)18)2-1-5-15-11/h1-6H,(H,15,16)(H,17,18). The van der Waals surface area contributed by atoms with Crippen molar-refractivity contribution in [3.05, 3.63) is 52.9 Å². The van der Waals surface area contributed by atoms with E-state index in [1.165, 1.54) is 30.5 Å². The third-order valence-electron chi connectivity index (χ3n) is 2.22. The van der Waals surface area contributed by atoms with Crippen LogP contribution in [0.15, 0.2) is 36.5 Å². The van der Waals surface area contributed by atoms with Gasteiger partial charge in [0.15, 0.2) is 0 Å².